The molecule has 1 amide bonds. The predicted molar refractivity (Wildman–Crippen MR) is 106 cm³/mol. The Balaban J connectivity index is 1.45. The fourth-order valence-corrected chi connectivity index (χ4v) is 5.29. The summed E-state index contributed by atoms with van der Waals surface area (Å²) in [6.45, 7) is 5.57. The number of thiophene rings is 1. The maximum Gasteiger partial charge on any atom is 0.271 e. The van der Waals surface area contributed by atoms with Gasteiger partial charge in [0.2, 0.25) is 0 Å². The minimum Gasteiger partial charge on any atom is -0.337 e. The van der Waals surface area contributed by atoms with E-state index in [1.54, 1.807) is 6.20 Å². The molecule has 0 spiro atoms. The number of aryl methyl sites for hydroxylation is 1. The lowest BCUT2D eigenvalue weighted by Crippen LogP contribution is -2.49. The lowest BCUT2D eigenvalue weighted by atomic mass is 10.1. The van der Waals surface area contributed by atoms with Crippen molar-refractivity contribution in [3.63, 3.8) is 0 Å². The molecule has 0 N–H and O–H groups in total. The molecule has 0 aliphatic carbocycles. The van der Waals surface area contributed by atoms with Crippen LogP contribution >= 0.6 is 11.3 Å². The van der Waals surface area contributed by atoms with Crippen LogP contribution in [0, 0.1) is 6.92 Å². The van der Waals surface area contributed by atoms with Gasteiger partial charge in [0, 0.05) is 36.9 Å². The summed E-state index contributed by atoms with van der Waals surface area (Å²) in [5.74, 6) is 0.112. The smallest absolute Gasteiger partial charge is 0.271 e. The van der Waals surface area contributed by atoms with Crippen LogP contribution in [0.2, 0.25) is 0 Å². The zero-order valence-electron chi connectivity index (χ0n) is 15.3. The molecule has 2 atom stereocenters. The highest BCUT2D eigenvalue weighted by Gasteiger charge is 2.45. The zero-order chi connectivity index (χ0) is 18.4. The molecular weight excluding hydrogens is 356 g/mol. The Bertz CT molecular complexity index is 963. The molecule has 3 aromatic rings. The predicted octanol–water partition coefficient (Wildman–Crippen LogP) is 3.33. The van der Waals surface area contributed by atoms with E-state index >= 15 is 0 Å². The lowest BCUT2D eigenvalue weighted by molar-refractivity contribution is 0.0553. The molecule has 138 valence electrons. The molecule has 3 aromatic heterocycles. The van der Waals surface area contributed by atoms with Gasteiger partial charge in [-0.05, 0) is 48.2 Å². The van der Waals surface area contributed by atoms with E-state index in [0.717, 1.165) is 31.0 Å². The quantitative estimate of drug-likeness (QED) is 0.699. The lowest BCUT2D eigenvalue weighted by Gasteiger charge is -2.38. The minimum absolute atomic E-state index is 0.112. The number of pyridine rings is 1. The van der Waals surface area contributed by atoms with Crippen molar-refractivity contribution < 1.29 is 4.79 Å². The number of carbonyl (C=O) groups is 1. The van der Waals surface area contributed by atoms with Crippen LogP contribution in [-0.4, -0.2) is 44.4 Å². The van der Waals surface area contributed by atoms with Crippen LogP contribution in [0.4, 0.5) is 0 Å². The van der Waals surface area contributed by atoms with Crippen molar-refractivity contribution in [2.75, 3.05) is 13.1 Å². The molecule has 6 heteroatoms. The molecule has 0 radical (unpaired) electrons. The van der Waals surface area contributed by atoms with Gasteiger partial charge in [0.25, 0.3) is 5.91 Å². The van der Waals surface area contributed by atoms with Gasteiger partial charge in [-0.2, -0.15) is 0 Å². The Hall–Kier alpha value is -2.44. The maximum atomic E-state index is 13.2. The Morgan fingerprint density at radius 2 is 2.00 bits per heavy atom. The van der Waals surface area contributed by atoms with E-state index in [1.807, 2.05) is 46.6 Å². The third-order valence-electron chi connectivity index (χ3n) is 5.75. The van der Waals surface area contributed by atoms with Crippen molar-refractivity contribution in [3.05, 3.63) is 76.0 Å². The molecular formula is C21H22N4OS. The number of nitrogens with zero attached hydrogens (tertiary/aromatic N) is 4. The number of aromatic nitrogens is 2. The molecule has 5 nitrogen and oxygen atoms in total. The van der Waals surface area contributed by atoms with Gasteiger partial charge in [-0.25, -0.2) is 0 Å². The number of hydrogen-bond donors (Lipinski definition) is 0. The van der Waals surface area contributed by atoms with Crippen molar-refractivity contribution in [2.45, 2.75) is 32.1 Å². The summed E-state index contributed by atoms with van der Waals surface area (Å²) in [7, 11) is 0. The normalized spacial score (nSPS) is 22.1. The molecule has 0 aromatic carbocycles. The molecule has 27 heavy (non-hydrogen) atoms. The second kappa shape index (κ2) is 6.62. The largest absolute Gasteiger partial charge is 0.337 e. The summed E-state index contributed by atoms with van der Waals surface area (Å²) in [6.07, 6.45) is 3.85. The van der Waals surface area contributed by atoms with Gasteiger partial charge in [-0.15, -0.1) is 11.3 Å². The number of hydrogen-bond acceptors (Lipinski definition) is 4. The van der Waals surface area contributed by atoms with E-state index in [0.29, 0.717) is 12.6 Å². The Morgan fingerprint density at radius 3 is 2.78 bits per heavy atom. The monoisotopic (exact) mass is 378 g/mol. The van der Waals surface area contributed by atoms with Crippen LogP contribution in [0.15, 0.2) is 54.2 Å². The molecule has 2 aliphatic rings. The fourth-order valence-electron chi connectivity index (χ4n) is 4.34. The van der Waals surface area contributed by atoms with Gasteiger partial charge in [-0.1, -0.05) is 6.07 Å². The number of likely N-dealkylation sites (tertiary alicyclic amines) is 1. The van der Waals surface area contributed by atoms with E-state index in [4.69, 9.17) is 0 Å². The summed E-state index contributed by atoms with van der Waals surface area (Å²) >= 11 is 1.82. The summed E-state index contributed by atoms with van der Waals surface area (Å²) in [4.78, 5) is 23.5. The van der Waals surface area contributed by atoms with Gasteiger partial charge >= 0.3 is 0 Å². The highest BCUT2D eigenvalue weighted by Crippen LogP contribution is 2.35. The van der Waals surface area contributed by atoms with Gasteiger partial charge < -0.3 is 9.47 Å². The Morgan fingerprint density at radius 1 is 1.11 bits per heavy atom. The number of carbonyl (C=O) groups excluding carboxylic acids is 1. The van der Waals surface area contributed by atoms with Crippen molar-refractivity contribution in [1.29, 1.82) is 0 Å². The van der Waals surface area contributed by atoms with Gasteiger partial charge in [0.05, 0.1) is 24.3 Å². The molecule has 5 rings (SSSR count). The van der Waals surface area contributed by atoms with Crippen molar-refractivity contribution in [2.24, 2.45) is 0 Å². The van der Waals surface area contributed by atoms with Crippen molar-refractivity contribution in [3.8, 4) is 0 Å². The Labute approximate surface area is 162 Å². The average Bonchev–Trinajstić information content (AvgIpc) is 3.40. The van der Waals surface area contributed by atoms with Gasteiger partial charge in [0.15, 0.2) is 0 Å². The molecule has 0 bridgehead atoms. The first-order chi connectivity index (χ1) is 13.2. The van der Waals surface area contributed by atoms with E-state index in [-0.39, 0.29) is 11.9 Å². The van der Waals surface area contributed by atoms with E-state index in [2.05, 4.69) is 39.0 Å². The minimum atomic E-state index is 0.112. The first-order valence-corrected chi connectivity index (χ1v) is 10.2. The van der Waals surface area contributed by atoms with E-state index < -0.39 is 0 Å². The van der Waals surface area contributed by atoms with Crippen LogP contribution in [0.1, 0.15) is 32.7 Å². The molecule has 0 saturated carbocycles. The second-order valence-corrected chi connectivity index (χ2v) is 8.41. The highest BCUT2D eigenvalue weighted by atomic mass is 32.1. The maximum absolute atomic E-state index is 13.2. The first-order valence-electron chi connectivity index (χ1n) is 9.34. The van der Waals surface area contributed by atoms with Crippen LogP contribution in [-0.2, 0) is 13.1 Å². The average molecular weight is 379 g/mol. The molecule has 1 fully saturated rings. The standard InChI is InChI=1S/C21H22N4OS/c1-15-7-10-27-20(15)14-23-12-18-19(13-23)25(11-16-5-2-3-8-22-16)21(26)17-6-4-9-24(17)18/h2-10,18-19H,11-14H2,1H3/t18-,19+/m1/s1. The SMILES string of the molecule is Cc1ccsc1CN1C[C@@H]2[C@H](C1)N(Cc1ccccn1)C(=O)c1cccn12. The van der Waals surface area contributed by atoms with Crippen LogP contribution in [0.3, 0.4) is 0 Å². The van der Waals surface area contributed by atoms with E-state index in [9.17, 15) is 4.79 Å². The third kappa shape index (κ3) is 2.89. The van der Waals surface area contributed by atoms with E-state index in [1.165, 1.54) is 10.4 Å². The van der Waals surface area contributed by atoms with Crippen LogP contribution in [0.5, 0.6) is 0 Å². The number of amides is 1. The Kier molecular flexibility index (Phi) is 4.10. The topological polar surface area (TPSA) is 41.4 Å². The molecule has 5 heterocycles. The van der Waals surface area contributed by atoms with Crippen LogP contribution < -0.4 is 0 Å². The van der Waals surface area contributed by atoms with Crippen LogP contribution in [0.25, 0.3) is 0 Å². The highest BCUT2D eigenvalue weighted by molar-refractivity contribution is 7.10. The van der Waals surface area contributed by atoms with Gasteiger partial charge in [0.1, 0.15) is 5.69 Å². The zero-order valence-corrected chi connectivity index (χ0v) is 16.1. The first kappa shape index (κ1) is 16.7. The fraction of sp³-hybridized carbons (Fsp3) is 0.333. The molecule has 2 aliphatic heterocycles. The summed E-state index contributed by atoms with van der Waals surface area (Å²) in [5, 5.41) is 2.16. The molecule has 1 saturated heterocycles. The molecule has 0 unspecified atom stereocenters. The van der Waals surface area contributed by atoms with Gasteiger partial charge in [-0.3, -0.25) is 14.7 Å². The number of fused-ring (bicyclic) bond motifs is 3. The number of rotatable bonds is 4. The summed E-state index contributed by atoms with van der Waals surface area (Å²) < 4.78 is 2.18. The summed E-state index contributed by atoms with van der Waals surface area (Å²) in [6, 6.07) is 12.5. The second-order valence-electron chi connectivity index (χ2n) is 7.41. The van der Waals surface area contributed by atoms with Crippen molar-refractivity contribution >= 4 is 17.2 Å². The third-order valence-corrected chi connectivity index (χ3v) is 6.75. The summed E-state index contributed by atoms with van der Waals surface area (Å²) in [5.41, 5.74) is 3.09. The van der Waals surface area contributed by atoms with Crippen molar-refractivity contribution in [1.82, 2.24) is 19.4 Å².